The van der Waals surface area contributed by atoms with Crippen molar-refractivity contribution in [3.05, 3.63) is 35.9 Å². The third-order valence-corrected chi connectivity index (χ3v) is 7.49. The molecule has 190 valence electrons. The van der Waals surface area contributed by atoms with Crippen molar-refractivity contribution in [1.29, 1.82) is 0 Å². The molecule has 10 nitrogen and oxygen atoms in total. The maximum absolute atomic E-state index is 13.8. The molecule has 1 aliphatic carbocycles. The van der Waals surface area contributed by atoms with E-state index in [9.17, 15) is 18.4 Å². The lowest BCUT2D eigenvalue weighted by Crippen LogP contribution is -2.43. The first-order valence-corrected chi connectivity index (χ1v) is 12.4. The first-order chi connectivity index (χ1) is 17.5. The number of carbonyl (C=O) groups excluding carboxylic acids is 2. The first-order valence-electron chi connectivity index (χ1n) is 12.4. The van der Waals surface area contributed by atoms with Crippen LogP contribution >= 0.6 is 0 Å². The summed E-state index contributed by atoms with van der Waals surface area (Å²) >= 11 is 0. The van der Waals surface area contributed by atoms with Crippen LogP contribution in [0.15, 0.2) is 24.7 Å². The summed E-state index contributed by atoms with van der Waals surface area (Å²) < 4.78 is 36.5. The lowest BCUT2D eigenvalue weighted by atomic mass is 9.87. The molecule has 0 aromatic carbocycles. The number of amides is 1. The summed E-state index contributed by atoms with van der Waals surface area (Å²) in [7, 11) is 0. The molecule has 1 saturated carbocycles. The van der Waals surface area contributed by atoms with Gasteiger partial charge in [-0.1, -0.05) is 0 Å². The van der Waals surface area contributed by atoms with Gasteiger partial charge in [-0.2, -0.15) is 10.2 Å². The van der Waals surface area contributed by atoms with Gasteiger partial charge in [0.15, 0.2) is 11.3 Å². The van der Waals surface area contributed by atoms with Crippen molar-refractivity contribution in [3.8, 4) is 0 Å². The molecule has 6 rings (SSSR count). The Hall–Kier alpha value is -3.41. The average molecular weight is 500 g/mol. The highest BCUT2D eigenvalue weighted by atomic mass is 19.3. The van der Waals surface area contributed by atoms with Gasteiger partial charge in [-0.3, -0.25) is 9.48 Å². The van der Waals surface area contributed by atoms with Gasteiger partial charge in [-0.15, -0.1) is 0 Å². The zero-order chi connectivity index (χ0) is 24.8. The lowest BCUT2D eigenvalue weighted by molar-refractivity contribution is -0.112. The Balaban J connectivity index is 1.24. The Morgan fingerprint density at radius 2 is 1.89 bits per heavy atom. The summed E-state index contributed by atoms with van der Waals surface area (Å²) in [6, 6.07) is 1.76. The van der Waals surface area contributed by atoms with Crippen LogP contribution in [-0.4, -0.2) is 61.9 Å². The van der Waals surface area contributed by atoms with Crippen molar-refractivity contribution < 1.29 is 23.1 Å². The van der Waals surface area contributed by atoms with E-state index in [1.807, 2.05) is 6.07 Å². The van der Waals surface area contributed by atoms with Crippen LogP contribution in [-0.2, 0) is 9.53 Å². The van der Waals surface area contributed by atoms with Gasteiger partial charge in [0.05, 0.1) is 30.1 Å². The third-order valence-electron chi connectivity index (χ3n) is 7.49. The second-order valence-electron chi connectivity index (χ2n) is 9.84. The van der Waals surface area contributed by atoms with Gasteiger partial charge in [0.1, 0.15) is 17.7 Å². The summed E-state index contributed by atoms with van der Waals surface area (Å²) in [5.74, 6) is 0.151. The summed E-state index contributed by atoms with van der Waals surface area (Å²) in [5, 5.41) is 10.9. The van der Waals surface area contributed by atoms with Crippen molar-refractivity contribution in [2.24, 2.45) is 5.92 Å². The van der Waals surface area contributed by atoms with E-state index in [-0.39, 0.29) is 35.4 Å². The molecule has 5 heterocycles. The van der Waals surface area contributed by atoms with Crippen molar-refractivity contribution in [3.63, 3.8) is 0 Å². The predicted molar refractivity (Wildman–Crippen MR) is 125 cm³/mol. The summed E-state index contributed by atoms with van der Waals surface area (Å²) in [5.41, 5.74) is 0.0251. The van der Waals surface area contributed by atoms with Crippen LogP contribution in [0.25, 0.3) is 5.65 Å². The number of anilines is 2. The molecule has 2 saturated heterocycles. The minimum Gasteiger partial charge on any atom is -0.371 e. The Labute approximate surface area is 205 Å². The fourth-order valence-corrected chi connectivity index (χ4v) is 5.54. The van der Waals surface area contributed by atoms with Crippen molar-refractivity contribution in [2.45, 2.75) is 63.2 Å². The standard InChI is InChI=1S/C24H27F2N7O3/c25-22(26)21-19(12-33(30-21)15-3-1-14(13-34)2-4-15)28-24(35)18-9-27-32-8-7-20(29-23(18)32)31-10-16-5-6-17(11-31)36-16/h7-9,12-17,22H,1-6,10-11H2,(H,28,35)/t14?,15?,16-,17+. The van der Waals surface area contributed by atoms with Gasteiger partial charge in [-0.25, -0.2) is 18.3 Å². The fourth-order valence-electron chi connectivity index (χ4n) is 5.54. The number of morpholine rings is 1. The molecule has 1 N–H and O–H groups in total. The Kier molecular flexibility index (Phi) is 5.90. The Bertz CT molecular complexity index is 1270. The molecule has 3 aromatic heterocycles. The minimum absolute atomic E-state index is 0.00573. The SMILES string of the molecule is O=CC1CCC(n2cc(NC(=O)c3cnn4ccc(N5C[C@H]6CC[C@@H](C5)O6)nc34)c(C(F)F)n2)CC1. The maximum atomic E-state index is 13.8. The number of fused-ring (bicyclic) bond motifs is 3. The van der Waals surface area contributed by atoms with E-state index in [2.05, 4.69) is 25.4 Å². The molecular formula is C24H27F2N7O3. The van der Waals surface area contributed by atoms with Gasteiger partial charge >= 0.3 is 0 Å². The minimum atomic E-state index is -2.85. The van der Waals surface area contributed by atoms with Crippen LogP contribution < -0.4 is 10.2 Å². The summed E-state index contributed by atoms with van der Waals surface area (Å²) in [4.78, 5) is 31.0. The highest BCUT2D eigenvalue weighted by Gasteiger charge is 2.34. The van der Waals surface area contributed by atoms with Gasteiger partial charge in [-0.05, 0) is 44.6 Å². The summed E-state index contributed by atoms with van der Waals surface area (Å²) in [6.45, 7) is 1.47. The Morgan fingerprint density at radius 1 is 1.14 bits per heavy atom. The van der Waals surface area contributed by atoms with E-state index in [0.29, 0.717) is 31.3 Å². The molecule has 0 radical (unpaired) electrons. The lowest BCUT2D eigenvalue weighted by Gasteiger charge is -2.32. The van der Waals surface area contributed by atoms with Crippen LogP contribution in [0.3, 0.4) is 0 Å². The average Bonchev–Trinajstić information content (AvgIpc) is 3.60. The van der Waals surface area contributed by atoms with E-state index in [4.69, 9.17) is 4.74 Å². The number of aromatic nitrogens is 5. The molecule has 0 unspecified atom stereocenters. The van der Waals surface area contributed by atoms with Gasteiger partial charge in [0, 0.05) is 31.4 Å². The molecule has 2 aliphatic heterocycles. The van der Waals surface area contributed by atoms with E-state index in [0.717, 1.165) is 38.0 Å². The number of hydrogen-bond donors (Lipinski definition) is 1. The first kappa shape index (κ1) is 23.0. The molecule has 2 atom stereocenters. The molecule has 36 heavy (non-hydrogen) atoms. The van der Waals surface area contributed by atoms with E-state index in [1.165, 1.54) is 21.6 Å². The molecule has 0 spiro atoms. The molecule has 3 aliphatic rings. The van der Waals surface area contributed by atoms with E-state index in [1.54, 1.807) is 6.20 Å². The number of hydrogen-bond acceptors (Lipinski definition) is 7. The zero-order valence-corrected chi connectivity index (χ0v) is 19.6. The number of aldehydes is 1. The van der Waals surface area contributed by atoms with E-state index < -0.39 is 18.0 Å². The summed E-state index contributed by atoms with van der Waals surface area (Å²) in [6.07, 6.45) is 7.86. The molecule has 3 aromatic rings. The van der Waals surface area contributed by atoms with Gasteiger partial charge < -0.3 is 19.7 Å². The second-order valence-corrected chi connectivity index (χ2v) is 9.84. The third kappa shape index (κ3) is 4.23. The number of carbonyl (C=O) groups is 2. The molecular weight excluding hydrogens is 472 g/mol. The number of nitrogens with zero attached hydrogens (tertiary/aromatic N) is 6. The molecule has 1 amide bonds. The van der Waals surface area contributed by atoms with Crippen LogP contribution in [0.2, 0.25) is 0 Å². The largest absolute Gasteiger partial charge is 0.371 e. The number of halogens is 2. The van der Waals surface area contributed by atoms with E-state index >= 15 is 0 Å². The topological polar surface area (TPSA) is 107 Å². The van der Waals surface area contributed by atoms with Crippen LogP contribution in [0, 0.1) is 5.92 Å². The predicted octanol–water partition coefficient (Wildman–Crippen LogP) is 3.41. The van der Waals surface area contributed by atoms with Gasteiger partial charge in [0.25, 0.3) is 12.3 Å². The normalized spacial score (nSPS) is 26.0. The maximum Gasteiger partial charge on any atom is 0.284 e. The quantitative estimate of drug-likeness (QED) is 0.518. The number of alkyl halides is 2. The number of ether oxygens (including phenoxy) is 1. The molecule has 12 heteroatoms. The van der Waals surface area contributed by atoms with Crippen molar-refractivity contribution in [1.82, 2.24) is 24.4 Å². The second kappa shape index (κ2) is 9.23. The smallest absolute Gasteiger partial charge is 0.284 e. The highest BCUT2D eigenvalue weighted by molar-refractivity contribution is 6.08. The highest BCUT2D eigenvalue weighted by Crippen LogP contribution is 2.34. The number of nitrogens with one attached hydrogen (secondary N) is 1. The Morgan fingerprint density at radius 3 is 2.58 bits per heavy atom. The van der Waals surface area contributed by atoms with Crippen LogP contribution in [0.5, 0.6) is 0 Å². The van der Waals surface area contributed by atoms with Crippen molar-refractivity contribution in [2.75, 3.05) is 23.3 Å². The zero-order valence-electron chi connectivity index (χ0n) is 19.6. The monoisotopic (exact) mass is 499 g/mol. The van der Waals surface area contributed by atoms with Gasteiger partial charge in [0.2, 0.25) is 0 Å². The fraction of sp³-hybridized carbons (Fsp3) is 0.542. The van der Waals surface area contributed by atoms with Crippen LogP contribution in [0.1, 0.15) is 67.0 Å². The molecule has 3 fully saturated rings. The number of rotatable bonds is 6. The molecule has 2 bridgehead atoms. The van der Waals surface area contributed by atoms with Crippen LogP contribution in [0.4, 0.5) is 20.3 Å². The van der Waals surface area contributed by atoms with Crippen molar-refractivity contribution >= 4 is 29.3 Å².